The average Bonchev–Trinajstić information content (AvgIpc) is 2.68. The molecule has 0 unspecified atom stereocenters. The van der Waals surface area contributed by atoms with Gasteiger partial charge in [-0.2, -0.15) is 0 Å². The predicted octanol–water partition coefficient (Wildman–Crippen LogP) is 2.50. The first kappa shape index (κ1) is 17.8. The summed E-state index contributed by atoms with van der Waals surface area (Å²) in [6.07, 6.45) is 0. The first-order chi connectivity index (χ1) is 12.7. The summed E-state index contributed by atoms with van der Waals surface area (Å²) in [7, 11) is 3.47. The van der Waals surface area contributed by atoms with Crippen molar-refractivity contribution in [3.8, 4) is 11.4 Å². The molecule has 0 aliphatic heterocycles. The highest BCUT2D eigenvalue weighted by atomic mass is 16.5. The molecule has 6 heteroatoms. The molecule has 0 bridgehead atoms. The van der Waals surface area contributed by atoms with E-state index in [2.05, 4.69) is 10.3 Å². The molecule has 1 N–H and O–H groups in total. The molecule has 6 nitrogen and oxygen atoms in total. The van der Waals surface area contributed by atoms with E-state index < -0.39 is 0 Å². The van der Waals surface area contributed by atoms with E-state index in [-0.39, 0.29) is 12.5 Å². The van der Waals surface area contributed by atoms with Gasteiger partial charge in [-0.1, -0.05) is 42.5 Å². The first-order valence-electron chi connectivity index (χ1n) is 8.48. The molecule has 3 aromatic rings. The zero-order valence-electron chi connectivity index (χ0n) is 15.0. The Morgan fingerprint density at radius 2 is 1.81 bits per heavy atom. The fourth-order valence-electron chi connectivity index (χ4n) is 2.71. The van der Waals surface area contributed by atoms with E-state index in [1.807, 2.05) is 66.5 Å². The lowest BCUT2D eigenvalue weighted by Crippen LogP contribution is -2.37. The highest BCUT2D eigenvalue weighted by Gasteiger charge is 2.15. The van der Waals surface area contributed by atoms with Crippen molar-refractivity contribution in [1.82, 2.24) is 15.3 Å². The Morgan fingerprint density at radius 1 is 1.08 bits per heavy atom. The number of aromatic nitrogens is 2. The topological polar surface area (TPSA) is 67.3 Å². The Balaban J connectivity index is 1.92. The Morgan fingerprint density at radius 3 is 2.58 bits per heavy atom. The molecule has 0 aliphatic rings. The number of nitrogens with zero attached hydrogens (tertiary/aromatic N) is 3. The number of para-hydroxylation sites is 1. The van der Waals surface area contributed by atoms with Crippen molar-refractivity contribution >= 4 is 22.6 Å². The third-order valence-electron chi connectivity index (χ3n) is 3.99. The molecule has 0 radical (unpaired) electrons. The minimum Gasteiger partial charge on any atom is -0.383 e. The van der Waals surface area contributed by atoms with Gasteiger partial charge in [-0.3, -0.25) is 4.79 Å². The van der Waals surface area contributed by atoms with Gasteiger partial charge in [-0.05, 0) is 12.1 Å². The largest absolute Gasteiger partial charge is 0.383 e. The molecule has 1 amide bonds. The van der Waals surface area contributed by atoms with Gasteiger partial charge in [0.05, 0.1) is 18.7 Å². The molecule has 1 heterocycles. The normalized spacial score (nSPS) is 10.7. The van der Waals surface area contributed by atoms with Crippen molar-refractivity contribution in [2.24, 2.45) is 0 Å². The predicted molar refractivity (Wildman–Crippen MR) is 103 cm³/mol. The number of methoxy groups -OCH3 is 1. The molecular weight excluding hydrogens is 328 g/mol. The lowest BCUT2D eigenvalue weighted by atomic mass is 10.2. The van der Waals surface area contributed by atoms with Crippen LogP contribution < -0.4 is 10.2 Å². The Bertz CT molecular complexity index is 883. The van der Waals surface area contributed by atoms with Gasteiger partial charge < -0.3 is 15.0 Å². The zero-order valence-corrected chi connectivity index (χ0v) is 15.0. The number of benzene rings is 2. The number of nitrogens with one attached hydrogen (secondary N) is 1. The monoisotopic (exact) mass is 350 g/mol. The third kappa shape index (κ3) is 4.15. The molecular formula is C20H22N4O2. The van der Waals surface area contributed by atoms with Crippen LogP contribution >= 0.6 is 0 Å². The molecule has 0 spiro atoms. The van der Waals surface area contributed by atoms with Gasteiger partial charge in [-0.25, -0.2) is 9.97 Å². The molecule has 134 valence electrons. The van der Waals surface area contributed by atoms with Crippen LogP contribution in [0.15, 0.2) is 54.6 Å². The summed E-state index contributed by atoms with van der Waals surface area (Å²) in [5, 5.41) is 3.75. The maximum Gasteiger partial charge on any atom is 0.239 e. The van der Waals surface area contributed by atoms with Crippen LogP contribution in [-0.4, -0.2) is 49.7 Å². The Hall–Kier alpha value is -2.99. The molecule has 0 saturated heterocycles. The van der Waals surface area contributed by atoms with Crippen LogP contribution in [0.25, 0.3) is 22.3 Å². The van der Waals surface area contributed by atoms with Crippen LogP contribution in [0.2, 0.25) is 0 Å². The second-order valence-electron chi connectivity index (χ2n) is 5.95. The number of amides is 1. The zero-order chi connectivity index (χ0) is 18.4. The van der Waals surface area contributed by atoms with Gasteiger partial charge in [0.1, 0.15) is 5.82 Å². The van der Waals surface area contributed by atoms with Gasteiger partial charge in [0.2, 0.25) is 5.91 Å². The van der Waals surface area contributed by atoms with Crippen LogP contribution in [0.1, 0.15) is 0 Å². The lowest BCUT2D eigenvalue weighted by Gasteiger charge is -2.20. The van der Waals surface area contributed by atoms with Gasteiger partial charge in [-0.15, -0.1) is 0 Å². The number of ether oxygens (including phenoxy) is 1. The Kier molecular flexibility index (Phi) is 5.76. The summed E-state index contributed by atoms with van der Waals surface area (Å²) >= 11 is 0. The summed E-state index contributed by atoms with van der Waals surface area (Å²) in [4.78, 5) is 23.4. The molecule has 0 fully saturated rings. The number of fused-ring (bicyclic) bond motifs is 1. The lowest BCUT2D eigenvalue weighted by molar-refractivity contribution is -0.119. The fraction of sp³-hybridized carbons (Fsp3) is 0.250. The smallest absolute Gasteiger partial charge is 0.239 e. The third-order valence-corrected chi connectivity index (χ3v) is 3.99. The van der Waals surface area contributed by atoms with Crippen molar-refractivity contribution in [2.75, 3.05) is 38.8 Å². The molecule has 0 atom stereocenters. The van der Waals surface area contributed by atoms with Crippen LogP contribution in [0, 0.1) is 0 Å². The second-order valence-corrected chi connectivity index (χ2v) is 5.95. The summed E-state index contributed by atoms with van der Waals surface area (Å²) in [6, 6.07) is 17.7. The fourth-order valence-corrected chi connectivity index (χ4v) is 2.71. The maximum atomic E-state index is 12.1. The molecule has 1 aromatic heterocycles. The van der Waals surface area contributed by atoms with Gasteiger partial charge in [0, 0.05) is 31.7 Å². The van der Waals surface area contributed by atoms with Crippen molar-refractivity contribution in [3.05, 3.63) is 54.6 Å². The van der Waals surface area contributed by atoms with Crippen LogP contribution in [-0.2, 0) is 9.53 Å². The van der Waals surface area contributed by atoms with Gasteiger partial charge in [0.15, 0.2) is 5.82 Å². The Labute approximate surface area is 152 Å². The number of rotatable bonds is 7. The molecule has 3 rings (SSSR count). The van der Waals surface area contributed by atoms with E-state index in [4.69, 9.17) is 9.72 Å². The van der Waals surface area contributed by atoms with Crippen molar-refractivity contribution < 1.29 is 9.53 Å². The minimum atomic E-state index is -0.0755. The number of carbonyl (C=O) groups is 1. The number of hydrogen-bond acceptors (Lipinski definition) is 5. The molecule has 26 heavy (non-hydrogen) atoms. The standard InChI is InChI=1S/C20H22N4O2/c1-24(14-18(25)21-12-13-26-2)20-16-10-6-7-11-17(16)22-19(23-20)15-8-4-3-5-9-15/h3-11H,12-14H2,1-2H3,(H,21,25). The minimum absolute atomic E-state index is 0.0755. The maximum absolute atomic E-state index is 12.1. The molecule has 0 aliphatic carbocycles. The van der Waals surface area contributed by atoms with E-state index in [1.165, 1.54) is 0 Å². The first-order valence-corrected chi connectivity index (χ1v) is 8.48. The van der Waals surface area contributed by atoms with Crippen molar-refractivity contribution in [1.29, 1.82) is 0 Å². The van der Waals surface area contributed by atoms with Crippen LogP contribution in [0.5, 0.6) is 0 Å². The SMILES string of the molecule is COCCNC(=O)CN(C)c1nc(-c2ccccc2)nc2ccccc12. The number of anilines is 1. The van der Waals surface area contributed by atoms with E-state index in [0.29, 0.717) is 19.0 Å². The summed E-state index contributed by atoms with van der Waals surface area (Å²) in [5.41, 5.74) is 1.79. The number of hydrogen-bond donors (Lipinski definition) is 1. The van der Waals surface area contributed by atoms with Crippen LogP contribution in [0.4, 0.5) is 5.82 Å². The average molecular weight is 350 g/mol. The van der Waals surface area contributed by atoms with E-state index in [0.717, 1.165) is 22.3 Å². The number of carbonyl (C=O) groups excluding carboxylic acids is 1. The number of likely N-dealkylation sites (N-methyl/N-ethyl adjacent to an activating group) is 1. The van der Waals surface area contributed by atoms with Gasteiger partial charge in [0.25, 0.3) is 0 Å². The van der Waals surface area contributed by atoms with Crippen molar-refractivity contribution in [3.63, 3.8) is 0 Å². The van der Waals surface area contributed by atoms with Crippen LogP contribution in [0.3, 0.4) is 0 Å². The van der Waals surface area contributed by atoms with E-state index >= 15 is 0 Å². The van der Waals surface area contributed by atoms with E-state index in [1.54, 1.807) is 7.11 Å². The van der Waals surface area contributed by atoms with E-state index in [9.17, 15) is 4.79 Å². The molecule has 0 saturated carbocycles. The van der Waals surface area contributed by atoms with Crippen molar-refractivity contribution in [2.45, 2.75) is 0 Å². The highest BCUT2D eigenvalue weighted by Crippen LogP contribution is 2.26. The highest BCUT2D eigenvalue weighted by molar-refractivity contribution is 5.92. The quantitative estimate of drug-likeness (QED) is 0.663. The second kappa shape index (κ2) is 8.40. The summed E-state index contributed by atoms with van der Waals surface area (Å²) in [5.74, 6) is 1.30. The summed E-state index contributed by atoms with van der Waals surface area (Å²) in [6.45, 7) is 1.19. The summed E-state index contributed by atoms with van der Waals surface area (Å²) < 4.78 is 4.96. The van der Waals surface area contributed by atoms with Gasteiger partial charge >= 0.3 is 0 Å². The molecule has 2 aromatic carbocycles.